The van der Waals surface area contributed by atoms with Crippen molar-refractivity contribution in [1.29, 1.82) is 0 Å². The quantitative estimate of drug-likeness (QED) is 0.165. The van der Waals surface area contributed by atoms with Gasteiger partial charge >= 0.3 is 0 Å². The van der Waals surface area contributed by atoms with Gasteiger partial charge in [0, 0.05) is 33.2 Å². The summed E-state index contributed by atoms with van der Waals surface area (Å²) in [4.78, 5) is 14.7. The molecule has 0 fully saturated rings. The standard InChI is InChI=1S/C51H34N4/c1-4-13-35(14-5-1)38-23-27-41(28-24-38)49-52-50(42-29-25-39(26-30-42)36-15-6-2-7-16-36)54-51(53-49)46-21-12-20-45-44-19-10-11-22-47(44)55(48(45)46)43-33-31-40(32-34-43)37-17-8-3-9-18-37/h1-34H/i3D,8D,9D,10D,11D,12D,17D,18D,19D,20D,21D,22D,31D,32D,33D,34D. The molecule has 0 saturated carbocycles. The fraction of sp³-hybridized carbons (Fsp3) is 0. The van der Waals surface area contributed by atoms with Crippen LogP contribution in [0, 0.1) is 0 Å². The van der Waals surface area contributed by atoms with Crippen molar-refractivity contribution in [3.8, 4) is 73.2 Å². The van der Waals surface area contributed by atoms with Crippen molar-refractivity contribution < 1.29 is 21.9 Å². The third-order valence-electron chi connectivity index (χ3n) is 9.16. The van der Waals surface area contributed by atoms with Crippen LogP contribution in [-0.2, 0) is 0 Å². The topological polar surface area (TPSA) is 43.6 Å². The summed E-state index contributed by atoms with van der Waals surface area (Å²) in [6.07, 6.45) is 0. The van der Waals surface area contributed by atoms with Gasteiger partial charge in [-0.2, -0.15) is 0 Å². The first kappa shape index (κ1) is 19.6. The van der Waals surface area contributed by atoms with Crippen molar-refractivity contribution in [2.75, 3.05) is 0 Å². The Bertz CT molecular complexity index is 3710. The fourth-order valence-corrected chi connectivity index (χ4v) is 6.50. The van der Waals surface area contributed by atoms with Crippen LogP contribution >= 0.6 is 0 Å². The lowest BCUT2D eigenvalue weighted by molar-refractivity contribution is 1.07. The fourth-order valence-electron chi connectivity index (χ4n) is 6.50. The molecule has 4 heteroatoms. The average Bonchev–Trinajstić information content (AvgIpc) is 3.74. The molecule has 0 aliphatic rings. The van der Waals surface area contributed by atoms with E-state index < -0.39 is 119 Å². The van der Waals surface area contributed by atoms with E-state index in [1.54, 1.807) is 24.3 Å². The summed E-state index contributed by atoms with van der Waals surface area (Å²) in [6, 6.07) is 21.8. The van der Waals surface area contributed by atoms with Gasteiger partial charge in [-0.1, -0.05) is 182 Å². The van der Waals surface area contributed by atoms with Gasteiger partial charge in [0.1, 0.15) is 0 Å². The van der Waals surface area contributed by atoms with Crippen LogP contribution in [0.15, 0.2) is 206 Å². The van der Waals surface area contributed by atoms with Crippen LogP contribution in [0.3, 0.4) is 0 Å². The first-order valence-electron chi connectivity index (χ1n) is 25.2. The van der Waals surface area contributed by atoms with Crippen LogP contribution in [0.1, 0.15) is 21.9 Å². The summed E-state index contributed by atoms with van der Waals surface area (Å²) in [5.74, 6) is -0.0621. The van der Waals surface area contributed by atoms with Crippen LogP contribution in [0.5, 0.6) is 0 Å². The van der Waals surface area contributed by atoms with Crippen LogP contribution in [0.4, 0.5) is 0 Å². The molecule has 0 unspecified atom stereocenters. The molecule has 8 aromatic carbocycles. The zero-order valence-electron chi connectivity index (χ0n) is 44.7. The van der Waals surface area contributed by atoms with E-state index in [4.69, 9.17) is 24.5 Å². The van der Waals surface area contributed by atoms with E-state index in [9.17, 15) is 12.3 Å². The molecule has 10 aromatic rings. The molecule has 0 spiro atoms. The highest BCUT2D eigenvalue weighted by Crippen LogP contribution is 2.38. The average molecular weight is 719 g/mol. The number of benzene rings is 8. The number of para-hydroxylation sites is 2. The highest BCUT2D eigenvalue weighted by atomic mass is 15.0. The molecular weight excluding hydrogens is 669 g/mol. The van der Waals surface area contributed by atoms with Crippen LogP contribution < -0.4 is 0 Å². The van der Waals surface area contributed by atoms with Gasteiger partial charge in [-0.15, -0.1) is 0 Å². The van der Waals surface area contributed by atoms with Crippen LogP contribution in [-0.4, -0.2) is 19.5 Å². The molecule has 0 radical (unpaired) electrons. The van der Waals surface area contributed by atoms with Crippen LogP contribution in [0.2, 0.25) is 0 Å². The molecule has 2 heterocycles. The first-order valence-corrected chi connectivity index (χ1v) is 17.2. The molecule has 0 saturated heterocycles. The third-order valence-corrected chi connectivity index (χ3v) is 9.16. The van der Waals surface area contributed by atoms with Gasteiger partial charge in [0.25, 0.3) is 0 Å². The lowest BCUT2D eigenvalue weighted by atomic mass is 10.0. The minimum atomic E-state index is -0.868. The largest absolute Gasteiger partial charge is 0.308 e. The maximum Gasteiger partial charge on any atom is 0.166 e. The second-order valence-corrected chi connectivity index (χ2v) is 12.4. The maximum atomic E-state index is 9.57. The molecule has 2 aromatic heterocycles. The number of aromatic nitrogens is 4. The molecule has 0 N–H and O–H groups in total. The van der Waals surface area contributed by atoms with Crippen molar-refractivity contribution >= 4 is 21.8 Å². The Morgan fingerprint density at radius 3 is 1.42 bits per heavy atom. The van der Waals surface area contributed by atoms with Gasteiger partial charge in [0.15, 0.2) is 17.5 Å². The Balaban J connectivity index is 1.33. The van der Waals surface area contributed by atoms with Crippen molar-refractivity contribution in [2.24, 2.45) is 0 Å². The van der Waals surface area contributed by atoms with Crippen molar-refractivity contribution in [3.63, 3.8) is 0 Å². The Labute approximate surface area is 342 Å². The van der Waals surface area contributed by atoms with Crippen molar-refractivity contribution in [2.45, 2.75) is 0 Å². The molecule has 4 nitrogen and oxygen atoms in total. The van der Waals surface area contributed by atoms with E-state index in [-0.39, 0.29) is 39.3 Å². The van der Waals surface area contributed by atoms with Crippen LogP contribution in [0.25, 0.3) is 95.0 Å². The normalized spacial score (nSPS) is 15.3. The lowest BCUT2D eigenvalue weighted by Gasteiger charge is -2.13. The molecule has 0 amide bonds. The predicted molar refractivity (Wildman–Crippen MR) is 227 cm³/mol. The van der Waals surface area contributed by atoms with E-state index in [2.05, 4.69) is 0 Å². The zero-order valence-corrected chi connectivity index (χ0v) is 28.7. The van der Waals surface area contributed by atoms with Gasteiger partial charge in [-0.25, -0.2) is 15.0 Å². The van der Waals surface area contributed by atoms with E-state index in [0.717, 1.165) is 26.8 Å². The monoisotopic (exact) mass is 718 g/mol. The van der Waals surface area contributed by atoms with Crippen molar-refractivity contribution in [3.05, 3.63) is 206 Å². The van der Waals surface area contributed by atoms with Crippen molar-refractivity contribution in [1.82, 2.24) is 19.5 Å². The molecule has 258 valence electrons. The van der Waals surface area contributed by atoms with Gasteiger partial charge in [0.2, 0.25) is 0 Å². The number of fused-ring (bicyclic) bond motifs is 3. The zero-order chi connectivity index (χ0) is 50.5. The Hall–Kier alpha value is -7.43. The molecule has 55 heavy (non-hydrogen) atoms. The Kier molecular flexibility index (Phi) is 4.93. The van der Waals surface area contributed by atoms with E-state index in [0.29, 0.717) is 11.1 Å². The molecule has 0 aliphatic heterocycles. The number of hydrogen-bond acceptors (Lipinski definition) is 3. The minimum Gasteiger partial charge on any atom is -0.308 e. The van der Waals surface area contributed by atoms with Gasteiger partial charge in [0.05, 0.1) is 33.0 Å². The molecule has 0 atom stereocenters. The summed E-state index contributed by atoms with van der Waals surface area (Å²) in [7, 11) is 0. The highest BCUT2D eigenvalue weighted by molar-refractivity contribution is 6.13. The number of rotatable bonds is 7. The van der Waals surface area contributed by atoms with E-state index >= 15 is 0 Å². The lowest BCUT2D eigenvalue weighted by Crippen LogP contribution is -2.02. The van der Waals surface area contributed by atoms with E-state index in [1.165, 1.54) is 0 Å². The Morgan fingerprint density at radius 1 is 0.345 bits per heavy atom. The second kappa shape index (κ2) is 13.8. The summed E-state index contributed by atoms with van der Waals surface area (Å²) in [6.45, 7) is 0. The summed E-state index contributed by atoms with van der Waals surface area (Å²) in [5, 5.41) is -0.641. The maximum absolute atomic E-state index is 9.57. The highest BCUT2D eigenvalue weighted by Gasteiger charge is 2.20. The molecule has 10 rings (SSSR count). The molecule has 0 bridgehead atoms. The summed E-state index contributed by atoms with van der Waals surface area (Å²) >= 11 is 0. The Morgan fingerprint density at radius 2 is 0.818 bits per heavy atom. The summed E-state index contributed by atoms with van der Waals surface area (Å²) in [5.41, 5.74) is 1.75. The first-order chi connectivity index (χ1) is 33.9. The van der Waals surface area contributed by atoms with Gasteiger partial charge in [-0.05, 0) is 57.6 Å². The molecule has 0 aliphatic carbocycles. The predicted octanol–water partition coefficient (Wildman–Crippen LogP) is 13.0. The second-order valence-electron chi connectivity index (χ2n) is 12.4. The molecular formula is C51H34N4. The van der Waals surface area contributed by atoms with Gasteiger partial charge < -0.3 is 4.57 Å². The SMILES string of the molecule is [2H]c1c([2H])c([2H])c(-c2c([2H])c([2H])c(-n3c4c([2H])c([2H])c([2H])c([2H])c4c4c([2H])c([2H])c([2H])c(-c5nc(-c6ccc(-c7ccccc7)cc6)nc(-c6ccc(-c7ccccc7)cc6)n5)c43)c([2H])c2[2H])c([2H])c1[2H]. The third kappa shape index (κ3) is 6.06. The van der Waals surface area contributed by atoms with Gasteiger partial charge in [-0.3, -0.25) is 0 Å². The number of nitrogens with zero attached hydrogens (tertiary/aromatic N) is 4. The van der Waals surface area contributed by atoms with E-state index in [1.807, 2.05) is 84.9 Å². The smallest absolute Gasteiger partial charge is 0.166 e. The number of hydrogen-bond donors (Lipinski definition) is 0. The summed E-state index contributed by atoms with van der Waals surface area (Å²) < 4.78 is 144. The minimum absolute atomic E-state index is 0.102.